The summed E-state index contributed by atoms with van der Waals surface area (Å²) >= 11 is 0. The molecule has 1 N–H and O–H groups in total. The highest BCUT2D eigenvalue weighted by atomic mass is 16.2. The average molecular weight is 415 g/mol. The molecule has 1 aliphatic heterocycles. The highest BCUT2D eigenvalue weighted by Gasteiger charge is 2.29. The molecule has 0 radical (unpaired) electrons. The van der Waals surface area contributed by atoms with Gasteiger partial charge < -0.3 is 15.1 Å². The van der Waals surface area contributed by atoms with Crippen LogP contribution in [0.25, 0.3) is 0 Å². The molecule has 1 atom stereocenters. The highest BCUT2D eigenvalue weighted by molar-refractivity contribution is 5.97. The number of pyridine rings is 1. The van der Waals surface area contributed by atoms with Gasteiger partial charge in [0.2, 0.25) is 5.91 Å². The Morgan fingerprint density at radius 1 is 0.839 bits per heavy atom. The van der Waals surface area contributed by atoms with Crippen LogP contribution >= 0.6 is 0 Å². The van der Waals surface area contributed by atoms with Gasteiger partial charge in [0.15, 0.2) is 0 Å². The van der Waals surface area contributed by atoms with Gasteiger partial charge in [-0.1, -0.05) is 48.5 Å². The maximum Gasteiger partial charge on any atom is 0.251 e. The van der Waals surface area contributed by atoms with E-state index in [0.717, 1.165) is 24.3 Å². The van der Waals surface area contributed by atoms with E-state index >= 15 is 0 Å². The Hall–Kier alpha value is -3.67. The first-order valence-corrected chi connectivity index (χ1v) is 10.5. The minimum Gasteiger partial charge on any atom is -0.368 e. The van der Waals surface area contributed by atoms with Gasteiger partial charge in [-0.05, 0) is 29.8 Å². The number of aromatic nitrogens is 1. The van der Waals surface area contributed by atoms with Crippen molar-refractivity contribution in [3.63, 3.8) is 0 Å². The van der Waals surface area contributed by atoms with Gasteiger partial charge in [0, 0.05) is 56.2 Å². The SMILES string of the molecule is O=C(N[C@H](Cc1ccccc1)C(=O)N1CCN(c2ccncc2)CC1)c1ccccc1. The van der Waals surface area contributed by atoms with E-state index < -0.39 is 6.04 Å². The predicted molar refractivity (Wildman–Crippen MR) is 121 cm³/mol. The number of amides is 2. The fourth-order valence-corrected chi connectivity index (χ4v) is 3.84. The molecule has 0 saturated carbocycles. The van der Waals surface area contributed by atoms with Crippen LogP contribution in [0.2, 0.25) is 0 Å². The van der Waals surface area contributed by atoms with Crippen LogP contribution in [-0.4, -0.2) is 53.9 Å². The van der Waals surface area contributed by atoms with Gasteiger partial charge in [0.1, 0.15) is 6.04 Å². The molecule has 0 unspecified atom stereocenters. The molecular weight excluding hydrogens is 388 g/mol. The van der Waals surface area contributed by atoms with E-state index in [0.29, 0.717) is 25.1 Å². The fourth-order valence-electron chi connectivity index (χ4n) is 3.84. The van der Waals surface area contributed by atoms with E-state index in [1.165, 1.54) is 0 Å². The van der Waals surface area contributed by atoms with Crippen LogP contribution in [0.3, 0.4) is 0 Å². The van der Waals surface area contributed by atoms with Gasteiger partial charge in [-0.15, -0.1) is 0 Å². The summed E-state index contributed by atoms with van der Waals surface area (Å²) in [6, 6.07) is 22.2. The Labute approximate surface area is 182 Å². The van der Waals surface area contributed by atoms with E-state index in [9.17, 15) is 9.59 Å². The maximum absolute atomic E-state index is 13.4. The molecule has 0 aliphatic carbocycles. The Morgan fingerprint density at radius 3 is 2.10 bits per heavy atom. The molecule has 1 aliphatic rings. The Morgan fingerprint density at radius 2 is 1.45 bits per heavy atom. The number of piperazine rings is 1. The van der Waals surface area contributed by atoms with E-state index in [2.05, 4.69) is 15.2 Å². The van der Waals surface area contributed by atoms with Crippen molar-refractivity contribution in [2.24, 2.45) is 0 Å². The number of nitrogens with zero attached hydrogens (tertiary/aromatic N) is 3. The van der Waals surface area contributed by atoms with Crippen molar-refractivity contribution in [1.82, 2.24) is 15.2 Å². The van der Waals surface area contributed by atoms with E-state index in [1.54, 1.807) is 24.5 Å². The first-order valence-electron chi connectivity index (χ1n) is 10.5. The molecular formula is C25H26N4O2. The minimum atomic E-state index is -0.609. The molecule has 4 rings (SSSR count). The number of benzene rings is 2. The molecule has 31 heavy (non-hydrogen) atoms. The second kappa shape index (κ2) is 9.89. The lowest BCUT2D eigenvalue weighted by Gasteiger charge is -2.37. The largest absolute Gasteiger partial charge is 0.368 e. The zero-order valence-corrected chi connectivity index (χ0v) is 17.4. The van der Waals surface area contributed by atoms with Crippen molar-refractivity contribution in [2.45, 2.75) is 12.5 Å². The number of carbonyl (C=O) groups excluding carboxylic acids is 2. The smallest absolute Gasteiger partial charge is 0.251 e. The molecule has 2 heterocycles. The van der Waals surface area contributed by atoms with Gasteiger partial charge in [-0.2, -0.15) is 0 Å². The number of anilines is 1. The molecule has 0 spiro atoms. The number of hydrogen-bond donors (Lipinski definition) is 1. The summed E-state index contributed by atoms with van der Waals surface area (Å²) in [5.41, 5.74) is 2.68. The Bertz CT molecular complexity index is 988. The normalized spacial score (nSPS) is 14.7. The summed E-state index contributed by atoms with van der Waals surface area (Å²) in [6.45, 7) is 2.74. The molecule has 3 aromatic rings. The van der Waals surface area contributed by atoms with Crippen LogP contribution in [0.1, 0.15) is 15.9 Å². The van der Waals surface area contributed by atoms with Crippen molar-refractivity contribution in [1.29, 1.82) is 0 Å². The molecule has 0 bridgehead atoms. The zero-order valence-electron chi connectivity index (χ0n) is 17.4. The third-order valence-electron chi connectivity index (χ3n) is 5.54. The summed E-state index contributed by atoms with van der Waals surface area (Å²) in [4.78, 5) is 34.3. The molecule has 1 aromatic heterocycles. The number of hydrogen-bond acceptors (Lipinski definition) is 4. The van der Waals surface area contributed by atoms with Gasteiger partial charge in [0.25, 0.3) is 5.91 Å². The summed E-state index contributed by atoms with van der Waals surface area (Å²) in [6.07, 6.45) is 4.02. The second-order valence-electron chi connectivity index (χ2n) is 7.60. The summed E-state index contributed by atoms with van der Waals surface area (Å²) < 4.78 is 0. The summed E-state index contributed by atoms with van der Waals surface area (Å²) in [5, 5.41) is 2.97. The minimum absolute atomic E-state index is 0.0393. The van der Waals surface area contributed by atoms with Crippen LogP contribution in [0.5, 0.6) is 0 Å². The van der Waals surface area contributed by atoms with E-state index in [4.69, 9.17) is 0 Å². The lowest BCUT2D eigenvalue weighted by molar-refractivity contribution is -0.133. The lowest BCUT2D eigenvalue weighted by Crippen LogP contribution is -2.55. The first kappa shape index (κ1) is 20.6. The van der Waals surface area contributed by atoms with Crippen LogP contribution in [0.15, 0.2) is 85.2 Å². The molecule has 2 aromatic carbocycles. The molecule has 1 fully saturated rings. The molecule has 6 heteroatoms. The van der Waals surface area contributed by atoms with E-state index in [1.807, 2.05) is 65.6 Å². The van der Waals surface area contributed by atoms with Crippen molar-refractivity contribution >= 4 is 17.5 Å². The molecule has 2 amide bonds. The predicted octanol–water partition coefficient (Wildman–Crippen LogP) is 2.77. The summed E-state index contributed by atoms with van der Waals surface area (Å²) in [5.74, 6) is -0.271. The average Bonchev–Trinajstić information content (AvgIpc) is 2.85. The number of rotatable bonds is 6. The fraction of sp³-hybridized carbons (Fsp3) is 0.240. The third kappa shape index (κ3) is 5.28. The number of nitrogens with one attached hydrogen (secondary N) is 1. The molecule has 6 nitrogen and oxygen atoms in total. The van der Waals surface area contributed by atoms with Gasteiger partial charge in [-0.3, -0.25) is 14.6 Å². The summed E-state index contributed by atoms with van der Waals surface area (Å²) in [7, 11) is 0. The standard InChI is InChI=1S/C25H26N4O2/c30-24(21-9-5-2-6-10-21)27-23(19-20-7-3-1-4-8-20)25(31)29-17-15-28(16-18-29)22-11-13-26-14-12-22/h1-14,23H,15-19H2,(H,27,30)/t23-/m1/s1. The van der Waals surface area contributed by atoms with Crippen molar-refractivity contribution < 1.29 is 9.59 Å². The van der Waals surface area contributed by atoms with Crippen LogP contribution in [-0.2, 0) is 11.2 Å². The van der Waals surface area contributed by atoms with Crippen LogP contribution in [0, 0.1) is 0 Å². The molecule has 158 valence electrons. The second-order valence-corrected chi connectivity index (χ2v) is 7.60. The van der Waals surface area contributed by atoms with Gasteiger partial charge in [0.05, 0.1) is 0 Å². The van der Waals surface area contributed by atoms with Crippen molar-refractivity contribution in [3.8, 4) is 0 Å². The highest BCUT2D eigenvalue weighted by Crippen LogP contribution is 2.16. The van der Waals surface area contributed by atoms with Gasteiger partial charge in [-0.25, -0.2) is 0 Å². The first-order chi connectivity index (χ1) is 15.2. The monoisotopic (exact) mass is 414 g/mol. The van der Waals surface area contributed by atoms with Crippen LogP contribution in [0.4, 0.5) is 5.69 Å². The zero-order chi connectivity index (χ0) is 21.5. The Kier molecular flexibility index (Phi) is 6.57. The lowest BCUT2D eigenvalue weighted by atomic mass is 10.0. The number of carbonyl (C=O) groups is 2. The van der Waals surface area contributed by atoms with Crippen molar-refractivity contribution in [3.05, 3.63) is 96.3 Å². The van der Waals surface area contributed by atoms with Crippen LogP contribution < -0.4 is 10.2 Å². The van der Waals surface area contributed by atoms with Crippen molar-refractivity contribution in [2.75, 3.05) is 31.1 Å². The molecule has 1 saturated heterocycles. The quantitative estimate of drug-likeness (QED) is 0.674. The Balaban J connectivity index is 1.45. The maximum atomic E-state index is 13.4. The topological polar surface area (TPSA) is 65.5 Å². The third-order valence-corrected chi connectivity index (χ3v) is 5.54. The van der Waals surface area contributed by atoms with Gasteiger partial charge >= 0.3 is 0 Å². The van der Waals surface area contributed by atoms with E-state index in [-0.39, 0.29) is 11.8 Å².